The topological polar surface area (TPSA) is 125 Å². The zero-order chi connectivity index (χ0) is 20.7. The van der Waals surface area contributed by atoms with Crippen LogP contribution in [0.5, 0.6) is 0 Å². The van der Waals surface area contributed by atoms with E-state index in [0.717, 1.165) is 0 Å². The van der Waals surface area contributed by atoms with Crippen molar-refractivity contribution in [2.75, 3.05) is 13.3 Å². The summed E-state index contributed by atoms with van der Waals surface area (Å²) in [7, 11) is -1.85. The maximum absolute atomic E-state index is 12.7. The van der Waals surface area contributed by atoms with Crippen molar-refractivity contribution in [3.63, 3.8) is 0 Å². The molecule has 0 N–H and O–H groups in total. The third-order valence-corrected chi connectivity index (χ3v) is 5.81. The molecule has 1 aliphatic rings. The van der Waals surface area contributed by atoms with Crippen molar-refractivity contribution in [2.24, 2.45) is 4.85 Å². The second-order valence-electron chi connectivity index (χ2n) is 5.62. The first kappa shape index (κ1) is 20.4. The minimum absolute atomic E-state index is 0.0729. The van der Waals surface area contributed by atoms with Crippen LogP contribution in [0.25, 0.3) is 0 Å². The predicted molar refractivity (Wildman–Crippen MR) is 102 cm³/mol. The van der Waals surface area contributed by atoms with Gasteiger partial charge in [-0.1, -0.05) is 9.42 Å². The van der Waals surface area contributed by atoms with Gasteiger partial charge in [0.05, 0.1) is 31.3 Å². The molecule has 1 aliphatic heterocycles. The van der Waals surface area contributed by atoms with Gasteiger partial charge in [-0.25, -0.2) is 4.79 Å². The van der Waals surface area contributed by atoms with Crippen LogP contribution in [-0.4, -0.2) is 34.7 Å². The third kappa shape index (κ3) is 5.83. The van der Waals surface area contributed by atoms with Gasteiger partial charge in [0, 0.05) is 19.6 Å². The standard InChI is InChI=1S/C14H20N4O6P3/c1-9-8-17(14(20)18(13(9)19)16-25-27(3)21)12-7-11(10(2)23-12)24-26-22-6-4-5-15/h8,10-12,26H,4,6-7H2,1-3H3/q+1/t10-,11?,12-/m1/s1/i2D. The van der Waals surface area contributed by atoms with Crippen LogP contribution in [0.1, 0.15) is 32.9 Å². The normalized spacial score (nSPS) is 23.8. The van der Waals surface area contributed by atoms with Gasteiger partial charge in [0.1, 0.15) is 12.9 Å². The predicted octanol–water partition coefficient (Wildman–Crippen LogP) is 2.71. The van der Waals surface area contributed by atoms with Crippen molar-refractivity contribution >= 4 is 24.6 Å². The van der Waals surface area contributed by atoms with E-state index in [2.05, 4.69) is 4.85 Å². The van der Waals surface area contributed by atoms with Crippen molar-refractivity contribution in [3.8, 4) is 6.07 Å². The maximum Gasteiger partial charge on any atom is 0.411 e. The summed E-state index contributed by atoms with van der Waals surface area (Å²) in [5, 5.41) is 8.48. The minimum atomic E-state index is -1.67. The lowest BCUT2D eigenvalue weighted by molar-refractivity contribution is -0.00687. The van der Waals surface area contributed by atoms with Crippen LogP contribution < -0.4 is 11.2 Å². The van der Waals surface area contributed by atoms with Crippen LogP contribution in [-0.2, 0) is 18.3 Å². The summed E-state index contributed by atoms with van der Waals surface area (Å²) in [5.74, 6) is 0. The molecule has 0 aromatic carbocycles. The summed E-state index contributed by atoms with van der Waals surface area (Å²) in [4.78, 5) is 28.7. The lowest BCUT2D eigenvalue weighted by Gasteiger charge is -2.15. The highest BCUT2D eigenvalue weighted by Crippen LogP contribution is 2.34. The monoisotopic (exact) mass is 434 g/mol. The zero-order valence-corrected chi connectivity index (χ0v) is 17.6. The number of aromatic nitrogens is 2. The van der Waals surface area contributed by atoms with Crippen molar-refractivity contribution in [1.29, 1.82) is 5.26 Å². The van der Waals surface area contributed by atoms with E-state index in [-0.39, 0.29) is 49.0 Å². The Balaban J connectivity index is 2.21. The lowest BCUT2D eigenvalue weighted by atomic mass is 10.2. The van der Waals surface area contributed by atoms with Gasteiger partial charge < -0.3 is 13.8 Å². The van der Waals surface area contributed by atoms with Gasteiger partial charge in [-0.2, -0.15) is 5.26 Å². The number of hydrogen-bond acceptors (Lipinski definition) is 8. The molecule has 5 atom stereocenters. The average molecular weight is 434 g/mol. The first-order chi connectivity index (χ1) is 13.4. The van der Waals surface area contributed by atoms with Crippen LogP contribution in [0.15, 0.2) is 20.6 Å². The van der Waals surface area contributed by atoms with Gasteiger partial charge in [-0.05, 0) is 13.8 Å². The molecule has 13 heteroatoms. The van der Waals surface area contributed by atoms with Gasteiger partial charge in [-0.3, -0.25) is 9.36 Å². The fourth-order valence-corrected chi connectivity index (χ4v) is 3.85. The molecule has 1 aromatic rings. The number of ether oxygens (including phenoxy) is 1. The second kappa shape index (κ2) is 10.3. The molecule has 1 saturated heterocycles. The summed E-state index contributed by atoms with van der Waals surface area (Å²) in [6, 6.07) is 1.96. The quantitative estimate of drug-likeness (QED) is 0.455. The molecule has 1 aromatic heterocycles. The fourth-order valence-electron chi connectivity index (χ4n) is 2.30. The molecular formula is C14H20N4O6P3+. The lowest BCUT2D eigenvalue weighted by Crippen LogP contribution is -2.39. The van der Waals surface area contributed by atoms with E-state index >= 15 is 0 Å². The summed E-state index contributed by atoms with van der Waals surface area (Å²) >= 11 is 0. The molecule has 0 saturated carbocycles. The van der Waals surface area contributed by atoms with E-state index in [1.54, 1.807) is 6.92 Å². The molecule has 1 fully saturated rings. The number of aryl methyl sites for hydroxylation is 1. The minimum Gasteiger partial charge on any atom is -0.352 e. The second-order valence-corrected chi connectivity index (χ2v) is 9.83. The Bertz CT molecular complexity index is 899. The number of nitrogens with zero attached hydrogens (tertiary/aromatic N) is 4. The molecule has 27 heavy (non-hydrogen) atoms. The smallest absolute Gasteiger partial charge is 0.352 e. The number of nitriles is 1. The molecule has 2 heterocycles. The molecular weight excluding hydrogens is 413 g/mol. The molecule has 3 unspecified atom stereocenters. The molecule has 146 valence electrons. The summed E-state index contributed by atoms with van der Waals surface area (Å²) in [5.41, 5.74) is -1.01. The molecule has 0 radical (unpaired) electrons. The zero-order valence-electron chi connectivity index (χ0n) is 15.8. The largest absolute Gasteiger partial charge is 0.411 e. The molecule has 0 bridgehead atoms. The first-order valence-electron chi connectivity index (χ1n) is 8.61. The molecule has 10 nitrogen and oxygen atoms in total. The summed E-state index contributed by atoms with van der Waals surface area (Å²) in [6.07, 6.45) is 0.171. The Kier molecular flexibility index (Phi) is 7.78. The van der Waals surface area contributed by atoms with E-state index in [4.69, 9.17) is 20.4 Å². The van der Waals surface area contributed by atoms with Gasteiger partial charge in [-0.15, -0.1) is 4.68 Å². The van der Waals surface area contributed by atoms with E-state index in [0.29, 0.717) is 4.68 Å². The Hall–Kier alpha value is -1.32. The summed E-state index contributed by atoms with van der Waals surface area (Å²) < 4.78 is 37.4. The van der Waals surface area contributed by atoms with Crippen LogP contribution in [0.2, 0.25) is 0 Å². The van der Waals surface area contributed by atoms with Crippen LogP contribution in [0.3, 0.4) is 0 Å². The van der Waals surface area contributed by atoms with E-state index in [1.165, 1.54) is 17.4 Å². The van der Waals surface area contributed by atoms with Crippen LogP contribution in [0, 0.1) is 18.3 Å². The van der Waals surface area contributed by atoms with E-state index in [1.807, 2.05) is 6.07 Å². The highest BCUT2D eigenvalue weighted by Gasteiger charge is 2.35. The highest BCUT2D eigenvalue weighted by molar-refractivity contribution is 8.10. The average Bonchev–Trinajstić information content (AvgIpc) is 3.07. The Morgan fingerprint density at radius 2 is 2.41 bits per heavy atom. The molecule has 0 spiro atoms. The summed E-state index contributed by atoms with van der Waals surface area (Å²) in [6.45, 7) is 3.17. The van der Waals surface area contributed by atoms with Crippen molar-refractivity contribution in [2.45, 2.75) is 45.1 Å². The SMILES string of the molecule is [2H]C[C@H]1O[C@@H](n2cc(C)c(=O)n(N=P[P+](C)=O)c2=O)CC1OPOCCC#N. The first-order valence-corrected chi connectivity index (χ1v) is 12.0. The maximum atomic E-state index is 12.7. The van der Waals surface area contributed by atoms with Gasteiger partial charge in [0.25, 0.3) is 5.56 Å². The van der Waals surface area contributed by atoms with E-state index in [9.17, 15) is 14.2 Å². The van der Waals surface area contributed by atoms with E-state index < -0.39 is 37.2 Å². The number of hydrogen-bond donors (Lipinski definition) is 0. The molecule has 2 rings (SSSR count). The highest BCUT2D eigenvalue weighted by atomic mass is 32.0. The fraction of sp³-hybridized carbons (Fsp3) is 0.643. The Morgan fingerprint density at radius 1 is 1.63 bits per heavy atom. The van der Waals surface area contributed by atoms with Crippen molar-refractivity contribution in [1.82, 2.24) is 9.24 Å². The van der Waals surface area contributed by atoms with Gasteiger partial charge in [0.2, 0.25) is 0 Å². The van der Waals surface area contributed by atoms with Crippen LogP contribution in [0.4, 0.5) is 0 Å². The Labute approximate surface area is 161 Å². The third-order valence-electron chi connectivity index (χ3n) is 3.59. The number of rotatable bonds is 8. The molecule has 0 amide bonds. The Morgan fingerprint density at radius 3 is 3.07 bits per heavy atom. The van der Waals surface area contributed by atoms with Gasteiger partial charge in [0.15, 0.2) is 9.03 Å². The van der Waals surface area contributed by atoms with Crippen molar-refractivity contribution in [3.05, 3.63) is 32.6 Å². The van der Waals surface area contributed by atoms with Gasteiger partial charge >= 0.3 is 21.2 Å². The molecule has 0 aliphatic carbocycles. The van der Waals surface area contributed by atoms with Crippen LogP contribution >= 0.6 is 24.6 Å². The van der Waals surface area contributed by atoms with Crippen molar-refractivity contribution < 1.29 is 19.7 Å².